The Labute approximate surface area is 246 Å². The van der Waals surface area contributed by atoms with Crippen LogP contribution in [0.3, 0.4) is 0 Å². The van der Waals surface area contributed by atoms with Gasteiger partial charge in [-0.05, 0) is 112 Å². The molecule has 0 aliphatic rings. The van der Waals surface area contributed by atoms with Crippen molar-refractivity contribution in [3.8, 4) is 0 Å². The van der Waals surface area contributed by atoms with E-state index in [0.717, 1.165) is 6.42 Å². The second-order valence-electron chi connectivity index (χ2n) is 15.2. The summed E-state index contributed by atoms with van der Waals surface area (Å²) in [6.45, 7) is 23.2. The minimum Gasteiger partial charge on any atom is -0.335 e. The molecule has 2 heteroatoms. The third-order valence-electron chi connectivity index (χ3n) is 8.85. The lowest BCUT2D eigenvalue weighted by Gasteiger charge is -2.25. The molecule has 0 fully saturated rings. The van der Waals surface area contributed by atoms with Gasteiger partial charge in [0, 0.05) is 54.7 Å². The Morgan fingerprint density at radius 3 is 1.76 bits per heavy atom. The van der Waals surface area contributed by atoms with Crippen molar-refractivity contribution < 1.29 is 0 Å². The van der Waals surface area contributed by atoms with Crippen molar-refractivity contribution in [2.24, 2.45) is 0 Å². The Hall–Kier alpha value is -3.52. The number of hydrogen-bond donors (Lipinski definition) is 0. The average molecular weight is 543 g/mol. The molecule has 0 amide bonds. The van der Waals surface area contributed by atoms with Crippen molar-refractivity contribution in [1.29, 1.82) is 0 Å². The third kappa shape index (κ3) is 4.66. The van der Waals surface area contributed by atoms with Gasteiger partial charge in [-0.15, -0.1) is 0 Å². The van der Waals surface area contributed by atoms with Gasteiger partial charge in [0.05, 0.1) is 0 Å². The van der Waals surface area contributed by atoms with Gasteiger partial charge in [-0.2, -0.15) is 0 Å². The number of fused-ring (bicyclic) bond motifs is 6. The molecule has 6 rings (SSSR count). The Balaban J connectivity index is 1.45. The van der Waals surface area contributed by atoms with Crippen LogP contribution in [0.25, 0.3) is 43.6 Å². The van der Waals surface area contributed by atoms with Crippen LogP contribution in [0.2, 0.25) is 0 Å². The fourth-order valence-corrected chi connectivity index (χ4v) is 6.87. The fraction of sp³-hybridized carbons (Fsp3) is 0.385. The van der Waals surface area contributed by atoms with Crippen LogP contribution in [0.5, 0.6) is 0 Å². The lowest BCUT2D eigenvalue weighted by molar-refractivity contribution is 0.423. The highest BCUT2D eigenvalue weighted by Crippen LogP contribution is 2.39. The van der Waals surface area contributed by atoms with E-state index in [1.807, 2.05) is 0 Å². The summed E-state index contributed by atoms with van der Waals surface area (Å²) in [5, 5.41) is 5.42. The van der Waals surface area contributed by atoms with Crippen LogP contribution in [0.15, 0.2) is 78.9 Å². The van der Waals surface area contributed by atoms with E-state index in [4.69, 9.17) is 0 Å². The van der Waals surface area contributed by atoms with Crippen LogP contribution >= 0.6 is 0 Å². The molecule has 41 heavy (non-hydrogen) atoms. The number of hydrogen-bond acceptors (Lipinski definition) is 0. The quantitative estimate of drug-likeness (QED) is 0.210. The van der Waals surface area contributed by atoms with Crippen LogP contribution in [0.1, 0.15) is 91.8 Å². The molecule has 6 aromatic rings. The Morgan fingerprint density at radius 1 is 0.537 bits per heavy atom. The standard InChI is InChI=1S/C39H46N2/c1-25(27-16-18-30-29-13-11-12-14-33(29)41(36(30)23-27)39(8,9)10)21-26-15-19-34-31(22-26)32-24-28(37(2,3)4)17-20-35(32)40(34)38(5,6)7/h11-20,22-25H,21H2,1-10H3. The van der Waals surface area contributed by atoms with Crippen molar-refractivity contribution in [1.82, 2.24) is 9.13 Å². The van der Waals surface area contributed by atoms with Gasteiger partial charge in [0.25, 0.3) is 0 Å². The number of rotatable bonds is 3. The number of aromatic nitrogens is 2. The first-order valence-corrected chi connectivity index (χ1v) is 15.3. The summed E-state index contributed by atoms with van der Waals surface area (Å²) in [6, 6.07) is 30.3. The Kier molecular flexibility index (Phi) is 6.23. The van der Waals surface area contributed by atoms with E-state index in [1.54, 1.807) is 0 Å². The van der Waals surface area contributed by atoms with Gasteiger partial charge in [-0.25, -0.2) is 0 Å². The molecule has 0 radical (unpaired) electrons. The third-order valence-corrected chi connectivity index (χ3v) is 8.85. The molecular formula is C39H46N2. The van der Waals surface area contributed by atoms with Gasteiger partial charge in [0.15, 0.2) is 0 Å². The maximum absolute atomic E-state index is 2.52. The molecule has 2 heterocycles. The summed E-state index contributed by atoms with van der Waals surface area (Å²) in [6.07, 6.45) is 1.01. The maximum Gasteiger partial charge on any atom is 0.0499 e. The maximum atomic E-state index is 2.52. The zero-order chi connectivity index (χ0) is 29.5. The molecule has 0 saturated heterocycles. The number of nitrogens with zero attached hydrogens (tertiary/aromatic N) is 2. The van der Waals surface area contributed by atoms with E-state index >= 15 is 0 Å². The molecule has 1 atom stereocenters. The normalized spacial score (nSPS) is 14.1. The van der Waals surface area contributed by atoms with Gasteiger partial charge in [0.2, 0.25) is 0 Å². The highest BCUT2D eigenvalue weighted by molar-refractivity contribution is 6.09. The van der Waals surface area contributed by atoms with Gasteiger partial charge >= 0.3 is 0 Å². The SMILES string of the molecule is CC(Cc1ccc2c(c1)c1cc(C(C)(C)C)ccc1n2C(C)(C)C)c1ccc2c3ccccc3n(C(C)(C)C)c2c1. The second kappa shape index (κ2) is 9.24. The summed E-state index contributed by atoms with van der Waals surface area (Å²) in [5.41, 5.74) is 9.60. The first-order valence-electron chi connectivity index (χ1n) is 15.3. The fourth-order valence-electron chi connectivity index (χ4n) is 6.87. The second-order valence-corrected chi connectivity index (χ2v) is 15.2. The largest absolute Gasteiger partial charge is 0.335 e. The molecule has 4 aromatic carbocycles. The molecule has 0 N–H and O–H groups in total. The lowest BCUT2D eigenvalue weighted by atomic mass is 9.86. The summed E-state index contributed by atoms with van der Waals surface area (Å²) in [5.74, 6) is 0.407. The molecule has 0 aliphatic heterocycles. The summed E-state index contributed by atoms with van der Waals surface area (Å²) in [4.78, 5) is 0. The predicted octanol–water partition coefficient (Wildman–Crippen LogP) is 11.1. The summed E-state index contributed by atoms with van der Waals surface area (Å²) in [7, 11) is 0. The molecule has 2 aromatic heterocycles. The Morgan fingerprint density at radius 2 is 1.10 bits per heavy atom. The zero-order valence-corrected chi connectivity index (χ0v) is 26.7. The summed E-state index contributed by atoms with van der Waals surface area (Å²) >= 11 is 0. The van der Waals surface area contributed by atoms with E-state index in [-0.39, 0.29) is 16.5 Å². The van der Waals surface area contributed by atoms with Gasteiger partial charge in [-0.3, -0.25) is 0 Å². The van der Waals surface area contributed by atoms with E-state index in [2.05, 4.69) is 157 Å². The molecule has 2 nitrogen and oxygen atoms in total. The number of para-hydroxylation sites is 1. The lowest BCUT2D eigenvalue weighted by Crippen LogP contribution is -2.21. The predicted molar refractivity (Wildman–Crippen MR) is 180 cm³/mol. The van der Waals surface area contributed by atoms with Crippen LogP contribution in [0.4, 0.5) is 0 Å². The van der Waals surface area contributed by atoms with E-state index in [9.17, 15) is 0 Å². The van der Waals surface area contributed by atoms with E-state index < -0.39 is 0 Å². The van der Waals surface area contributed by atoms with Crippen molar-refractivity contribution in [3.63, 3.8) is 0 Å². The first kappa shape index (κ1) is 27.6. The molecule has 0 aliphatic carbocycles. The van der Waals surface area contributed by atoms with Crippen LogP contribution in [0, 0.1) is 0 Å². The molecular weight excluding hydrogens is 496 g/mol. The van der Waals surface area contributed by atoms with Crippen LogP contribution in [-0.4, -0.2) is 9.13 Å². The van der Waals surface area contributed by atoms with Gasteiger partial charge < -0.3 is 9.13 Å². The minimum absolute atomic E-state index is 0.00101. The highest BCUT2D eigenvalue weighted by Gasteiger charge is 2.24. The van der Waals surface area contributed by atoms with Crippen molar-refractivity contribution in [3.05, 3.63) is 95.6 Å². The topological polar surface area (TPSA) is 9.86 Å². The monoisotopic (exact) mass is 542 g/mol. The summed E-state index contributed by atoms with van der Waals surface area (Å²) < 4.78 is 5.05. The zero-order valence-electron chi connectivity index (χ0n) is 26.7. The molecule has 0 saturated carbocycles. The minimum atomic E-state index is -0.00101. The highest BCUT2D eigenvalue weighted by atomic mass is 15.1. The Bertz CT molecular complexity index is 1920. The van der Waals surface area contributed by atoms with Gasteiger partial charge in [-0.1, -0.05) is 70.2 Å². The number of benzene rings is 4. The molecule has 212 valence electrons. The van der Waals surface area contributed by atoms with Crippen molar-refractivity contribution >= 4 is 43.6 Å². The molecule has 0 spiro atoms. The average Bonchev–Trinajstić information content (AvgIpc) is 3.40. The van der Waals surface area contributed by atoms with Crippen LogP contribution in [-0.2, 0) is 22.9 Å². The van der Waals surface area contributed by atoms with Crippen LogP contribution < -0.4 is 0 Å². The van der Waals surface area contributed by atoms with E-state index in [1.165, 1.54) is 60.3 Å². The first-order chi connectivity index (χ1) is 19.1. The van der Waals surface area contributed by atoms with E-state index in [0.29, 0.717) is 5.92 Å². The molecule has 1 unspecified atom stereocenters. The molecule has 0 bridgehead atoms. The smallest absolute Gasteiger partial charge is 0.0499 e. The van der Waals surface area contributed by atoms with Gasteiger partial charge in [0.1, 0.15) is 0 Å². The van der Waals surface area contributed by atoms with Crippen molar-refractivity contribution in [2.45, 2.75) is 98.1 Å². The van der Waals surface area contributed by atoms with Crippen molar-refractivity contribution in [2.75, 3.05) is 0 Å².